The summed E-state index contributed by atoms with van der Waals surface area (Å²) in [6.45, 7) is 3.47. The second-order valence-electron chi connectivity index (χ2n) is 5.77. The molecule has 0 bridgehead atoms. The highest BCUT2D eigenvalue weighted by molar-refractivity contribution is 6.31. The summed E-state index contributed by atoms with van der Waals surface area (Å²) < 4.78 is 5.25. The molecule has 2 rings (SSSR count). The zero-order valence-corrected chi connectivity index (χ0v) is 15.5. The highest BCUT2D eigenvalue weighted by atomic mass is 35.5. The zero-order chi connectivity index (χ0) is 18.4. The van der Waals surface area contributed by atoms with Gasteiger partial charge < -0.3 is 20.3 Å². The Morgan fingerprint density at radius 1 is 1.28 bits per heavy atom. The summed E-state index contributed by atoms with van der Waals surface area (Å²) in [5, 5.41) is 6.49. The Morgan fingerprint density at radius 2 is 2.04 bits per heavy atom. The van der Waals surface area contributed by atoms with E-state index in [1.165, 1.54) is 19.5 Å². The van der Waals surface area contributed by atoms with E-state index in [2.05, 4.69) is 25.5 Å². The number of carbonyl (C=O) groups is 1. The van der Waals surface area contributed by atoms with Gasteiger partial charge >= 0.3 is 0 Å². The molecule has 134 valence electrons. The number of nitrogens with zero attached hydrogens (tertiary/aromatic N) is 3. The third kappa shape index (κ3) is 5.30. The second kappa shape index (κ2) is 8.64. The van der Waals surface area contributed by atoms with E-state index >= 15 is 0 Å². The third-order valence-corrected chi connectivity index (χ3v) is 3.89. The van der Waals surface area contributed by atoms with Crippen molar-refractivity contribution in [3.8, 4) is 5.75 Å². The number of ether oxygens (including phenoxy) is 1. The molecule has 0 saturated heterocycles. The zero-order valence-electron chi connectivity index (χ0n) is 14.8. The van der Waals surface area contributed by atoms with Crippen LogP contribution in [0.15, 0.2) is 24.5 Å². The van der Waals surface area contributed by atoms with Crippen molar-refractivity contribution in [2.75, 3.05) is 44.9 Å². The number of aromatic nitrogens is 2. The van der Waals surface area contributed by atoms with Gasteiger partial charge in [-0.25, -0.2) is 9.97 Å². The molecule has 1 heterocycles. The highest BCUT2D eigenvalue weighted by Gasteiger charge is 2.13. The molecule has 1 aromatic carbocycles. The number of aryl methyl sites for hydroxylation is 1. The maximum atomic E-state index is 12.4. The molecule has 0 saturated carbocycles. The van der Waals surface area contributed by atoms with E-state index in [0.717, 1.165) is 18.7 Å². The van der Waals surface area contributed by atoms with Gasteiger partial charge in [-0.1, -0.05) is 11.6 Å². The lowest BCUT2D eigenvalue weighted by atomic mass is 10.2. The summed E-state index contributed by atoms with van der Waals surface area (Å²) in [6, 6.07) is 3.42. The standard InChI is InChI=1S/C17H22ClN5O2/c1-11-7-13(15(25-4)8-12(11)18)22-17(24)14-9-21-16(10-20-14)19-5-6-23(2)3/h7-10H,5-6H2,1-4H3,(H,19,21)(H,22,24). The van der Waals surface area contributed by atoms with Crippen LogP contribution in [0.4, 0.5) is 11.5 Å². The van der Waals surface area contributed by atoms with Crippen LogP contribution in [-0.4, -0.2) is 55.1 Å². The van der Waals surface area contributed by atoms with Gasteiger partial charge in [-0.05, 0) is 32.6 Å². The molecular formula is C17H22ClN5O2. The SMILES string of the molecule is COc1cc(Cl)c(C)cc1NC(=O)c1cnc(NCCN(C)C)cn1. The number of benzene rings is 1. The topological polar surface area (TPSA) is 79.4 Å². The third-order valence-electron chi connectivity index (χ3n) is 3.48. The summed E-state index contributed by atoms with van der Waals surface area (Å²) in [5.41, 5.74) is 1.58. The Bertz CT molecular complexity index is 735. The summed E-state index contributed by atoms with van der Waals surface area (Å²) in [4.78, 5) is 22.8. The van der Waals surface area contributed by atoms with E-state index in [1.807, 2.05) is 21.0 Å². The number of halogens is 1. The predicted molar refractivity (Wildman–Crippen MR) is 99.8 cm³/mol. The number of rotatable bonds is 7. The van der Waals surface area contributed by atoms with E-state index in [9.17, 15) is 4.79 Å². The van der Waals surface area contributed by atoms with Crippen LogP contribution in [0, 0.1) is 6.92 Å². The minimum absolute atomic E-state index is 0.216. The minimum Gasteiger partial charge on any atom is -0.495 e. The molecule has 0 aliphatic carbocycles. The molecule has 1 amide bonds. The quantitative estimate of drug-likeness (QED) is 0.787. The average Bonchev–Trinajstić information content (AvgIpc) is 2.58. The smallest absolute Gasteiger partial charge is 0.275 e. The first-order chi connectivity index (χ1) is 11.9. The van der Waals surface area contributed by atoms with Gasteiger partial charge in [0.05, 0.1) is 25.2 Å². The van der Waals surface area contributed by atoms with Gasteiger partial charge in [-0.3, -0.25) is 4.79 Å². The molecule has 0 fully saturated rings. The van der Waals surface area contributed by atoms with Gasteiger partial charge in [-0.2, -0.15) is 0 Å². The van der Waals surface area contributed by atoms with Crippen LogP contribution in [0.3, 0.4) is 0 Å². The molecule has 2 N–H and O–H groups in total. The Morgan fingerprint density at radius 3 is 2.64 bits per heavy atom. The monoisotopic (exact) mass is 363 g/mol. The first-order valence-electron chi connectivity index (χ1n) is 7.77. The van der Waals surface area contributed by atoms with E-state index in [1.54, 1.807) is 12.1 Å². The molecule has 0 aliphatic rings. The van der Waals surface area contributed by atoms with Crippen molar-refractivity contribution in [3.05, 3.63) is 40.8 Å². The number of carbonyl (C=O) groups excluding carboxylic acids is 1. The largest absolute Gasteiger partial charge is 0.495 e. The lowest BCUT2D eigenvalue weighted by Crippen LogP contribution is -2.21. The Labute approximate surface area is 152 Å². The van der Waals surface area contributed by atoms with Crippen LogP contribution in [0.5, 0.6) is 5.75 Å². The van der Waals surface area contributed by atoms with Crippen molar-refractivity contribution >= 4 is 29.0 Å². The fourth-order valence-electron chi connectivity index (χ4n) is 2.06. The Balaban J connectivity index is 2.05. The van der Waals surface area contributed by atoms with Gasteiger partial charge in [0.25, 0.3) is 5.91 Å². The lowest BCUT2D eigenvalue weighted by Gasteiger charge is -2.12. The van der Waals surface area contributed by atoms with Gasteiger partial charge in [0, 0.05) is 24.2 Å². The first kappa shape index (κ1) is 19.0. The molecule has 0 unspecified atom stereocenters. The molecule has 1 aromatic heterocycles. The minimum atomic E-state index is -0.368. The number of methoxy groups -OCH3 is 1. The van der Waals surface area contributed by atoms with Gasteiger partial charge in [-0.15, -0.1) is 0 Å². The number of amides is 1. The highest BCUT2D eigenvalue weighted by Crippen LogP contribution is 2.31. The first-order valence-corrected chi connectivity index (χ1v) is 8.14. The van der Waals surface area contributed by atoms with Crippen molar-refractivity contribution in [1.82, 2.24) is 14.9 Å². The van der Waals surface area contributed by atoms with Gasteiger partial charge in [0.15, 0.2) is 0 Å². The Hall–Kier alpha value is -2.38. The molecule has 0 spiro atoms. The average molecular weight is 364 g/mol. The predicted octanol–water partition coefficient (Wildman–Crippen LogP) is 2.67. The Kier molecular flexibility index (Phi) is 6.55. The number of likely N-dealkylation sites (N-methyl/N-ethyl adjacent to an activating group) is 1. The lowest BCUT2D eigenvalue weighted by molar-refractivity contribution is 0.102. The summed E-state index contributed by atoms with van der Waals surface area (Å²) in [5.74, 6) is 0.740. The molecule has 2 aromatic rings. The summed E-state index contributed by atoms with van der Waals surface area (Å²) in [7, 11) is 5.51. The second-order valence-corrected chi connectivity index (χ2v) is 6.18. The van der Waals surface area contributed by atoms with Crippen molar-refractivity contribution in [3.63, 3.8) is 0 Å². The van der Waals surface area contributed by atoms with Gasteiger partial charge in [0.1, 0.15) is 17.3 Å². The molecule has 0 radical (unpaired) electrons. The normalized spacial score (nSPS) is 10.6. The van der Waals surface area contributed by atoms with Gasteiger partial charge in [0.2, 0.25) is 0 Å². The maximum Gasteiger partial charge on any atom is 0.275 e. The number of hydrogen-bond donors (Lipinski definition) is 2. The van der Waals surface area contributed by atoms with Crippen LogP contribution >= 0.6 is 11.6 Å². The number of anilines is 2. The van der Waals surface area contributed by atoms with E-state index in [-0.39, 0.29) is 11.6 Å². The molecular weight excluding hydrogens is 342 g/mol. The van der Waals surface area contributed by atoms with Crippen LogP contribution in [0.2, 0.25) is 5.02 Å². The van der Waals surface area contributed by atoms with E-state index in [4.69, 9.17) is 16.3 Å². The fourth-order valence-corrected chi connectivity index (χ4v) is 2.21. The van der Waals surface area contributed by atoms with Crippen LogP contribution < -0.4 is 15.4 Å². The molecule has 7 nitrogen and oxygen atoms in total. The summed E-state index contributed by atoms with van der Waals surface area (Å²) >= 11 is 6.07. The van der Waals surface area contributed by atoms with Crippen molar-refractivity contribution in [2.45, 2.75) is 6.92 Å². The fraction of sp³-hybridized carbons (Fsp3) is 0.353. The molecule has 0 aliphatic heterocycles. The van der Waals surface area contributed by atoms with Crippen molar-refractivity contribution < 1.29 is 9.53 Å². The van der Waals surface area contributed by atoms with E-state index < -0.39 is 0 Å². The van der Waals surface area contributed by atoms with Crippen LogP contribution in [0.25, 0.3) is 0 Å². The van der Waals surface area contributed by atoms with Crippen LogP contribution in [0.1, 0.15) is 16.1 Å². The number of nitrogens with one attached hydrogen (secondary N) is 2. The molecule has 8 heteroatoms. The summed E-state index contributed by atoms with van der Waals surface area (Å²) in [6.07, 6.45) is 2.97. The van der Waals surface area contributed by atoms with Crippen molar-refractivity contribution in [1.29, 1.82) is 0 Å². The maximum absolute atomic E-state index is 12.4. The van der Waals surface area contributed by atoms with Crippen LogP contribution in [-0.2, 0) is 0 Å². The number of hydrogen-bond acceptors (Lipinski definition) is 6. The van der Waals surface area contributed by atoms with Crippen molar-refractivity contribution in [2.24, 2.45) is 0 Å². The molecule has 25 heavy (non-hydrogen) atoms. The van der Waals surface area contributed by atoms with E-state index in [0.29, 0.717) is 22.3 Å². The molecule has 0 atom stereocenters.